The van der Waals surface area contributed by atoms with Gasteiger partial charge in [0.05, 0.1) is 16.3 Å². The highest BCUT2D eigenvalue weighted by Crippen LogP contribution is 2.31. The molecule has 0 unspecified atom stereocenters. The maximum absolute atomic E-state index is 11.0. The zero-order chi connectivity index (χ0) is 12.4. The summed E-state index contributed by atoms with van der Waals surface area (Å²) < 4.78 is 0. The van der Waals surface area contributed by atoms with E-state index in [4.69, 9.17) is 34.8 Å². The average molecular weight is 288 g/mol. The third-order valence-corrected chi connectivity index (χ3v) is 2.99. The molecule has 0 aliphatic rings. The Balaban J connectivity index is 2.68. The molecule has 1 heterocycles. The molecule has 2 rings (SSSR count). The first-order valence-corrected chi connectivity index (χ1v) is 5.68. The van der Waals surface area contributed by atoms with Crippen molar-refractivity contribution >= 4 is 41.1 Å². The number of rotatable bonds is 2. The maximum Gasteiger partial charge on any atom is 0.155 e. The van der Waals surface area contributed by atoms with Gasteiger partial charge >= 0.3 is 0 Å². The van der Waals surface area contributed by atoms with Crippen LogP contribution in [0, 0.1) is 0 Å². The molecule has 2 aromatic rings. The Labute approximate surface area is 112 Å². The number of hydrogen-bond donors (Lipinski definition) is 0. The molecule has 6 heteroatoms. The molecule has 1 aromatic heterocycles. The standard InChI is InChI=1S/C11H5Cl3N2O/c12-6-1-2-7(9(13)3-6)10-8(4-17)11(14)16-5-15-10/h1-5H. The van der Waals surface area contributed by atoms with Gasteiger partial charge in [-0.15, -0.1) is 0 Å². The molecule has 0 saturated heterocycles. The van der Waals surface area contributed by atoms with Crippen LogP contribution in [-0.4, -0.2) is 16.3 Å². The van der Waals surface area contributed by atoms with Crippen LogP contribution in [0.4, 0.5) is 0 Å². The molecular weight excluding hydrogens is 282 g/mol. The summed E-state index contributed by atoms with van der Waals surface area (Å²) in [5.41, 5.74) is 1.18. The van der Waals surface area contributed by atoms with Gasteiger partial charge in [-0.1, -0.05) is 34.8 Å². The zero-order valence-electron chi connectivity index (χ0n) is 8.32. The Kier molecular flexibility index (Phi) is 3.62. The molecule has 3 nitrogen and oxygen atoms in total. The molecule has 17 heavy (non-hydrogen) atoms. The van der Waals surface area contributed by atoms with E-state index in [1.54, 1.807) is 18.2 Å². The Bertz CT molecular complexity index is 587. The highest BCUT2D eigenvalue weighted by molar-refractivity contribution is 6.37. The Morgan fingerprint density at radius 2 is 1.88 bits per heavy atom. The van der Waals surface area contributed by atoms with E-state index in [9.17, 15) is 4.79 Å². The summed E-state index contributed by atoms with van der Waals surface area (Å²) in [6.45, 7) is 0. The number of halogens is 3. The van der Waals surface area contributed by atoms with Crippen molar-refractivity contribution in [3.8, 4) is 11.3 Å². The van der Waals surface area contributed by atoms with E-state index in [-0.39, 0.29) is 10.7 Å². The summed E-state index contributed by atoms with van der Waals surface area (Å²) in [6, 6.07) is 4.91. The smallest absolute Gasteiger partial charge is 0.155 e. The van der Waals surface area contributed by atoms with Crippen molar-refractivity contribution in [2.24, 2.45) is 0 Å². The number of aromatic nitrogens is 2. The molecule has 0 aliphatic heterocycles. The Morgan fingerprint density at radius 1 is 1.12 bits per heavy atom. The summed E-state index contributed by atoms with van der Waals surface area (Å²) in [4.78, 5) is 18.7. The van der Waals surface area contributed by atoms with Crippen LogP contribution in [0.1, 0.15) is 10.4 Å². The topological polar surface area (TPSA) is 42.9 Å². The lowest BCUT2D eigenvalue weighted by atomic mass is 10.1. The first-order chi connectivity index (χ1) is 8.13. The average Bonchev–Trinajstić information content (AvgIpc) is 2.29. The second-order valence-corrected chi connectivity index (χ2v) is 4.37. The lowest BCUT2D eigenvalue weighted by Crippen LogP contribution is -1.95. The number of carbonyl (C=O) groups excluding carboxylic acids is 1. The van der Waals surface area contributed by atoms with E-state index in [0.717, 1.165) is 0 Å². The molecule has 0 saturated carbocycles. The zero-order valence-corrected chi connectivity index (χ0v) is 10.6. The lowest BCUT2D eigenvalue weighted by Gasteiger charge is -2.06. The van der Waals surface area contributed by atoms with Crippen LogP contribution in [-0.2, 0) is 0 Å². The van der Waals surface area contributed by atoms with Gasteiger partial charge in [-0.05, 0) is 18.2 Å². The minimum Gasteiger partial charge on any atom is -0.298 e. The summed E-state index contributed by atoms with van der Waals surface area (Å²) in [5.74, 6) is 0. The third kappa shape index (κ3) is 2.41. The van der Waals surface area contributed by atoms with Gasteiger partial charge in [-0.2, -0.15) is 0 Å². The van der Waals surface area contributed by atoms with Gasteiger partial charge in [-0.25, -0.2) is 9.97 Å². The van der Waals surface area contributed by atoms with Crippen LogP contribution >= 0.6 is 34.8 Å². The molecule has 0 fully saturated rings. The predicted octanol–water partition coefficient (Wildman–Crippen LogP) is 3.92. The van der Waals surface area contributed by atoms with Gasteiger partial charge in [0.25, 0.3) is 0 Å². The highest BCUT2D eigenvalue weighted by atomic mass is 35.5. The van der Waals surface area contributed by atoms with Gasteiger partial charge in [0.2, 0.25) is 0 Å². The number of benzene rings is 1. The van der Waals surface area contributed by atoms with Crippen LogP contribution < -0.4 is 0 Å². The van der Waals surface area contributed by atoms with Crippen LogP contribution in [0.5, 0.6) is 0 Å². The first-order valence-electron chi connectivity index (χ1n) is 4.54. The molecule has 1 aromatic carbocycles. The lowest BCUT2D eigenvalue weighted by molar-refractivity contribution is 0.112. The van der Waals surface area contributed by atoms with E-state index < -0.39 is 0 Å². The molecule has 0 N–H and O–H groups in total. The maximum atomic E-state index is 11.0. The SMILES string of the molecule is O=Cc1c(Cl)ncnc1-c1ccc(Cl)cc1Cl. The predicted molar refractivity (Wildman–Crippen MR) is 67.9 cm³/mol. The largest absolute Gasteiger partial charge is 0.298 e. The monoisotopic (exact) mass is 286 g/mol. The molecule has 86 valence electrons. The normalized spacial score (nSPS) is 10.3. The third-order valence-electron chi connectivity index (χ3n) is 2.14. The van der Waals surface area contributed by atoms with Crippen molar-refractivity contribution in [2.75, 3.05) is 0 Å². The second kappa shape index (κ2) is 5.00. The number of aldehydes is 1. The van der Waals surface area contributed by atoms with Crippen LogP contribution in [0.2, 0.25) is 15.2 Å². The van der Waals surface area contributed by atoms with Gasteiger partial charge in [-0.3, -0.25) is 4.79 Å². The molecular formula is C11H5Cl3N2O. The minimum atomic E-state index is 0.0935. The van der Waals surface area contributed by atoms with E-state index in [1.165, 1.54) is 6.33 Å². The Morgan fingerprint density at radius 3 is 2.53 bits per heavy atom. The minimum absolute atomic E-state index is 0.0935. The quantitative estimate of drug-likeness (QED) is 0.621. The number of nitrogens with zero attached hydrogens (tertiary/aromatic N) is 2. The number of carbonyl (C=O) groups is 1. The summed E-state index contributed by atoms with van der Waals surface area (Å²) in [6.07, 6.45) is 1.87. The summed E-state index contributed by atoms with van der Waals surface area (Å²) >= 11 is 17.6. The second-order valence-electron chi connectivity index (χ2n) is 3.17. The van der Waals surface area contributed by atoms with Crippen molar-refractivity contribution in [2.45, 2.75) is 0 Å². The molecule has 0 spiro atoms. The van der Waals surface area contributed by atoms with Crippen LogP contribution in [0.25, 0.3) is 11.3 Å². The Hall–Kier alpha value is -1.16. The van der Waals surface area contributed by atoms with Gasteiger partial charge < -0.3 is 0 Å². The molecule has 0 atom stereocenters. The van der Waals surface area contributed by atoms with Crippen molar-refractivity contribution in [3.05, 3.63) is 45.3 Å². The van der Waals surface area contributed by atoms with Gasteiger partial charge in [0.15, 0.2) is 6.29 Å². The van der Waals surface area contributed by atoms with Crippen molar-refractivity contribution < 1.29 is 4.79 Å². The van der Waals surface area contributed by atoms with E-state index >= 15 is 0 Å². The van der Waals surface area contributed by atoms with E-state index in [1.807, 2.05) is 0 Å². The van der Waals surface area contributed by atoms with Gasteiger partial charge in [0.1, 0.15) is 11.5 Å². The van der Waals surface area contributed by atoms with Crippen molar-refractivity contribution in [3.63, 3.8) is 0 Å². The molecule has 0 bridgehead atoms. The fourth-order valence-electron chi connectivity index (χ4n) is 1.37. The first kappa shape index (κ1) is 12.3. The highest BCUT2D eigenvalue weighted by Gasteiger charge is 2.13. The van der Waals surface area contributed by atoms with E-state index in [0.29, 0.717) is 27.6 Å². The van der Waals surface area contributed by atoms with Crippen molar-refractivity contribution in [1.82, 2.24) is 9.97 Å². The van der Waals surface area contributed by atoms with Crippen LogP contribution in [0.15, 0.2) is 24.5 Å². The van der Waals surface area contributed by atoms with Gasteiger partial charge in [0, 0.05) is 10.6 Å². The fourth-order valence-corrected chi connectivity index (χ4v) is 2.05. The molecule has 0 radical (unpaired) electrons. The number of hydrogen-bond acceptors (Lipinski definition) is 3. The van der Waals surface area contributed by atoms with Crippen molar-refractivity contribution in [1.29, 1.82) is 0 Å². The van der Waals surface area contributed by atoms with Crippen LogP contribution in [0.3, 0.4) is 0 Å². The summed E-state index contributed by atoms with van der Waals surface area (Å²) in [7, 11) is 0. The molecule has 0 aliphatic carbocycles. The fraction of sp³-hybridized carbons (Fsp3) is 0. The summed E-state index contributed by atoms with van der Waals surface area (Å²) in [5, 5.41) is 0.998. The van der Waals surface area contributed by atoms with E-state index in [2.05, 4.69) is 9.97 Å². The molecule has 0 amide bonds.